The predicted octanol–water partition coefficient (Wildman–Crippen LogP) is 7.13. The molecule has 6 fully saturated rings. The molecule has 7 heterocycles. The first kappa shape index (κ1) is 100. The zero-order valence-corrected chi connectivity index (χ0v) is 77.6. The van der Waals surface area contributed by atoms with E-state index in [0.29, 0.717) is 37.9 Å². The van der Waals surface area contributed by atoms with Crippen LogP contribution in [0.15, 0.2) is 91.0 Å². The van der Waals surface area contributed by atoms with Gasteiger partial charge in [-0.3, -0.25) is 43.7 Å². The Balaban J connectivity index is 0.952. The quantitative estimate of drug-likeness (QED) is 0.0217. The summed E-state index contributed by atoms with van der Waals surface area (Å²) in [6.45, 7) is 9.01. The summed E-state index contributed by atoms with van der Waals surface area (Å²) in [6.07, 6.45) is -16.1. The second-order valence-electron chi connectivity index (χ2n) is 37.2. The number of hydrogen-bond donors (Lipinski definition) is 19. The number of aliphatic hydroxyl groups excluding tert-OH is 6. The summed E-state index contributed by atoms with van der Waals surface area (Å²) in [5, 5.41) is 132. The molecular formula is C96H120Cl2N10O27. The number of nitrogens with two attached hydrogens (primary N) is 1. The fourth-order valence-corrected chi connectivity index (χ4v) is 20.6. The van der Waals surface area contributed by atoms with Crippen molar-refractivity contribution < 1.29 is 132 Å². The van der Waals surface area contributed by atoms with Gasteiger partial charge in [0.2, 0.25) is 47.3 Å². The lowest BCUT2D eigenvalue weighted by Gasteiger charge is -2.54. The number of fused-ring (bicyclic) bond motifs is 15. The highest BCUT2D eigenvalue weighted by atomic mass is 35.5. The number of aliphatic hydroxyl groups is 6. The Bertz CT molecular complexity index is 5340. The molecule has 6 aromatic rings. The molecule has 2 saturated heterocycles. The van der Waals surface area contributed by atoms with E-state index in [1.807, 2.05) is 13.8 Å². The van der Waals surface area contributed by atoms with Gasteiger partial charge in [0, 0.05) is 92.5 Å². The van der Waals surface area contributed by atoms with E-state index in [9.17, 15) is 55.5 Å². The Kier molecular flexibility index (Phi) is 32.3. The van der Waals surface area contributed by atoms with Gasteiger partial charge in [0.15, 0.2) is 52.7 Å². The number of anilines is 1. The van der Waals surface area contributed by atoms with Crippen molar-refractivity contribution in [3.8, 4) is 74.4 Å². The first-order chi connectivity index (χ1) is 64.4. The van der Waals surface area contributed by atoms with Crippen LogP contribution in [0.2, 0.25) is 10.0 Å². The number of carbonyl (C=O) groups is 9. The first-order valence-electron chi connectivity index (χ1n) is 45.8. The fourth-order valence-electron chi connectivity index (χ4n) is 20.1. The average Bonchev–Trinajstić information content (AvgIpc) is 0.752. The number of aromatic hydroxyl groups is 3. The van der Waals surface area contributed by atoms with E-state index in [2.05, 4.69) is 47.9 Å². The lowest BCUT2D eigenvalue weighted by Crippen LogP contribution is -2.64. The van der Waals surface area contributed by atoms with Gasteiger partial charge < -0.3 is 137 Å². The van der Waals surface area contributed by atoms with Crippen molar-refractivity contribution in [1.29, 1.82) is 0 Å². The second kappa shape index (κ2) is 43.4. The highest BCUT2D eigenvalue weighted by Crippen LogP contribution is 2.59. The third-order valence-corrected chi connectivity index (χ3v) is 27.5. The van der Waals surface area contributed by atoms with Crippen molar-refractivity contribution in [2.45, 2.75) is 209 Å². The van der Waals surface area contributed by atoms with Gasteiger partial charge in [-0.1, -0.05) is 62.2 Å². The number of ketones is 3. The van der Waals surface area contributed by atoms with E-state index in [4.69, 9.17) is 71.6 Å². The molecule has 37 nitrogen and oxygen atoms in total. The van der Waals surface area contributed by atoms with E-state index >= 15 is 33.6 Å². The van der Waals surface area contributed by atoms with Crippen molar-refractivity contribution in [3.63, 3.8) is 0 Å². The monoisotopic (exact) mass is 1910 g/mol. The highest BCUT2D eigenvalue weighted by molar-refractivity contribution is 6.32. The minimum atomic E-state index is -2.30. The van der Waals surface area contributed by atoms with Gasteiger partial charge in [-0.25, -0.2) is 4.79 Å². The number of imide groups is 1. The van der Waals surface area contributed by atoms with E-state index in [1.165, 1.54) is 68.4 Å². The van der Waals surface area contributed by atoms with Crippen LogP contribution in [0.4, 0.5) is 10.5 Å². The van der Waals surface area contributed by atoms with Crippen LogP contribution in [0, 0.1) is 47.3 Å². The van der Waals surface area contributed by atoms with Gasteiger partial charge in [-0.05, 0) is 198 Å². The number of nitrogens with one attached hydrogen (secondary N) is 9. The molecule has 0 spiro atoms. The van der Waals surface area contributed by atoms with Gasteiger partial charge in [0.1, 0.15) is 103 Å². The molecular weight excluding hydrogens is 1800 g/mol. The van der Waals surface area contributed by atoms with Crippen LogP contribution < -0.4 is 82.0 Å². The van der Waals surface area contributed by atoms with E-state index in [0.717, 1.165) is 68.5 Å². The van der Waals surface area contributed by atoms with Crippen LogP contribution in [-0.2, 0) is 52.6 Å². The molecule has 6 aromatic carbocycles. The molecule has 11 aliphatic rings. The molecule has 0 radical (unpaired) electrons. The molecule has 4 aliphatic carbocycles. The third-order valence-electron chi connectivity index (χ3n) is 26.9. The number of likely N-dealkylation sites (N-methyl/N-ethyl adjacent to an activating group) is 3. The Morgan fingerprint density at radius 1 is 0.644 bits per heavy atom. The lowest BCUT2D eigenvalue weighted by molar-refractivity contribution is -0.333. The summed E-state index contributed by atoms with van der Waals surface area (Å²) in [5.41, 5.74) is 3.43. The highest BCUT2D eigenvalue weighted by Gasteiger charge is 2.54. The van der Waals surface area contributed by atoms with E-state index in [-0.39, 0.29) is 136 Å². The Hall–Kier alpha value is -10.6. The molecule has 7 aliphatic heterocycles. The molecule has 18 atom stereocenters. The van der Waals surface area contributed by atoms with Crippen LogP contribution in [-0.4, -0.2) is 233 Å². The largest absolute Gasteiger partial charge is 0.508 e. The summed E-state index contributed by atoms with van der Waals surface area (Å²) < 4.78 is 57.9. The number of halogens is 2. The van der Waals surface area contributed by atoms with Crippen molar-refractivity contribution in [2.24, 2.45) is 53.1 Å². The maximum Gasteiger partial charge on any atom is 0.325 e. The average molecular weight is 1920 g/mol. The number of phenols is 3. The molecule has 20 N–H and O–H groups in total. The number of hydrogen-bond acceptors (Lipinski definition) is 31. The molecule has 39 heteroatoms. The number of urea groups is 1. The maximum atomic E-state index is 17.0. The van der Waals surface area contributed by atoms with Crippen molar-refractivity contribution in [3.05, 3.63) is 129 Å². The van der Waals surface area contributed by atoms with Gasteiger partial charge in [-0.2, -0.15) is 0 Å². The maximum absolute atomic E-state index is 17.0. The van der Waals surface area contributed by atoms with Gasteiger partial charge in [0.05, 0.1) is 46.4 Å². The second-order valence-corrected chi connectivity index (χ2v) is 38.0. The molecule has 135 heavy (non-hydrogen) atoms. The zero-order chi connectivity index (χ0) is 96.9. The fraction of sp³-hybridized carbons (Fsp3) is 0.531. The lowest BCUT2D eigenvalue weighted by atomic mass is 9.51. The topological polar surface area (TPSA) is 553 Å². The Morgan fingerprint density at radius 2 is 1.25 bits per heavy atom. The predicted molar refractivity (Wildman–Crippen MR) is 488 cm³/mol. The number of phenolic OH excluding ortho intramolecular Hbond substituents is 3. The molecule has 15 bridgehead atoms. The van der Waals surface area contributed by atoms with Crippen LogP contribution >= 0.6 is 23.2 Å². The Labute approximate surface area is 789 Å². The minimum Gasteiger partial charge on any atom is -0.508 e. The summed E-state index contributed by atoms with van der Waals surface area (Å²) in [7, 11) is 5.15. The van der Waals surface area contributed by atoms with Crippen LogP contribution in [0.25, 0.3) is 11.1 Å². The summed E-state index contributed by atoms with van der Waals surface area (Å²) in [5.74, 6) is -16.4. The molecule has 0 aromatic heterocycles. The van der Waals surface area contributed by atoms with Crippen LogP contribution in [0.5, 0.6) is 63.2 Å². The van der Waals surface area contributed by atoms with Crippen molar-refractivity contribution in [2.75, 3.05) is 72.5 Å². The smallest absolute Gasteiger partial charge is 0.325 e. The Morgan fingerprint density at radius 3 is 1.84 bits per heavy atom. The van der Waals surface area contributed by atoms with E-state index < -0.39 is 233 Å². The van der Waals surface area contributed by atoms with Crippen molar-refractivity contribution >= 4 is 81.8 Å². The zero-order valence-electron chi connectivity index (χ0n) is 76.1. The SMILES string of the molecule is CC[C@H](CC(C)C)C(=O)N[C@H]1C(=O)C[C@@H](CC(=O)NC(=O)Nc2cc(OCCNC)c(OCCNC)c(OCCNC)c2)C(=O)N[C@H]2C(=O)C[C@H]3C(=O)N[C@H](C(=O)N[C@H](C(=O)CC4C5CC6CC(C5)CC4C6)c4cc(O)cc(O)c4-c4cc3ccc4O)[C@H](O)c3ccc(c(Cl)c3)Oc3cc2cc(c3O[C@@H]2O[C@H](CO)[C@@H](O)[C@H](O)[C@H]2O[C@H]2C[C@](C)(N)[C@H](O)[C@H](C)O2)Oc2ccc(cc2Cl)[C@H]1O. The number of ether oxygens (including phenoxy) is 9. The van der Waals surface area contributed by atoms with Crippen LogP contribution in [0.1, 0.15) is 170 Å². The third kappa shape index (κ3) is 22.8. The van der Waals surface area contributed by atoms with Gasteiger partial charge in [0.25, 0.3) is 0 Å². The minimum absolute atomic E-state index is 0.00285. The molecule has 7 amide bonds. The number of Topliss-reactive ketones (excluding diaryl/α,β-unsaturated/α-hetero) is 3. The molecule has 4 saturated carbocycles. The summed E-state index contributed by atoms with van der Waals surface area (Å²) in [6, 6.07) is 8.50. The number of carbonyl (C=O) groups excluding carboxylic acids is 9. The molecule has 730 valence electrons. The molecule has 17 rings (SSSR count). The first-order valence-corrected chi connectivity index (χ1v) is 46.5. The standard InChI is InChI=1S/C96H120Cl2N10O27/c1-9-47(22-43(2)3)90(122)107-80-65(113)31-54(34-75(116)104-95(126)103-55-35-70(127-19-16-100-6)86(129-21-18-102-8)71(36-55)128-20-17-101-7)91(123)105-78-53-32-72(131-68-14-11-49(82(80)117)29-61(68)97)87(135-94-88(85(120)84(119)74(42-109)133-94)134-76-41-96(5,99)89(121)44(4)130-76)73(33-53)132-69-15-12-50(30-62(69)98)83(118)81-93(125)106-79(67(115)39-57-51-24-45-23-46(26-51)27-52(57)25-45)60-37-56(110)38-64(112)77(60)59-28-48(10-13-63(59)111)58(40-66(78)114)92(124)108-81/h10-15,28-30,32-33,35-38,43-47,51-52,54,57-58,74,76,78-85,88-89,94,100-102,109-112,117-121H,9,16-27,31,34,39-42,99H2,1-8H3,(H,105,123)(H,106,125)(H,107,122)(H,108,124)(H2,103,104,116,126)/t44-,45?,46?,47+,51?,52?,54-,57?,58+,74+,76-,78+,79-,80-,81-,82+,83+,84+,85-,88+,89+,94-,96-/m0/s1. The van der Waals surface area contributed by atoms with Crippen LogP contribution in [0.3, 0.4) is 0 Å². The normalized spacial score (nSPS) is 29.1. The summed E-state index contributed by atoms with van der Waals surface area (Å²) >= 11 is 14.7. The summed E-state index contributed by atoms with van der Waals surface area (Å²) in [4.78, 5) is 142. The van der Waals surface area contributed by atoms with Gasteiger partial charge >= 0.3 is 6.03 Å². The van der Waals surface area contributed by atoms with Gasteiger partial charge in [-0.15, -0.1) is 0 Å². The van der Waals surface area contributed by atoms with E-state index in [1.54, 1.807) is 28.1 Å². The van der Waals surface area contributed by atoms with Crippen molar-refractivity contribution in [1.82, 2.24) is 42.5 Å². The number of benzene rings is 6. The number of rotatable bonds is 28. The number of amides is 7. The molecule has 0 unspecified atom stereocenters.